The van der Waals surface area contributed by atoms with Crippen molar-refractivity contribution in [3.8, 4) is 11.5 Å². The molecule has 3 nitrogen and oxygen atoms in total. The highest BCUT2D eigenvalue weighted by Crippen LogP contribution is 2.44. The van der Waals surface area contributed by atoms with Crippen molar-refractivity contribution in [2.24, 2.45) is 0 Å². The third-order valence-electron chi connectivity index (χ3n) is 4.74. The standard InChI is InChI=1S/C16H23NO2/c1-16(10-12-5-4-8-17(12)2)11-19-15-7-6-13(18-3)9-14(15)16/h6-7,9,12H,4-5,8,10-11H2,1-3H3/t12-,16-/m1/s1. The zero-order valence-corrected chi connectivity index (χ0v) is 12.1. The molecule has 2 atom stereocenters. The first-order valence-corrected chi connectivity index (χ1v) is 7.14. The van der Waals surface area contributed by atoms with Crippen LogP contribution in [-0.4, -0.2) is 38.3 Å². The normalized spacial score (nSPS) is 30.2. The van der Waals surface area contributed by atoms with E-state index in [4.69, 9.17) is 9.47 Å². The van der Waals surface area contributed by atoms with Crippen molar-refractivity contribution < 1.29 is 9.47 Å². The van der Waals surface area contributed by atoms with E-state index in [1.54, 1.807) is 7.11 Å². The second-order valence-corrected chi connectivity index (χ2v) is 6.19. The molecular formula is C16H23NO2. The number of fused-ring (bicyclic) bond motifs is 1. The fourth-order valence-corrected chi connectivity index (χ4v) is 3.47. The Morgan fingerprint density at radius 1 is 1.47 bits per heavy atom. The summed E-state index contributed by atoms with van der Waals surface area (Å²) in [7, 11) is 3.96. The highest BCUT2D eigenvalue weighted by atomic mass is 16.5. The molecule has 0 unspecified atom stereocenters. The number of benzene rings is 1. The SMILES string of the molecule is COc1ccc2c(c1)[C@](C)(C[C@H]1CCCN1C)CO2. The van der Waals surface area contributed by atoms with Crippen molar-refractivity contribution in [1.82, 2.24) is 4.90 Å². The highest BCUT2D eigenvalue weighted by molar-refractivity contribution is 5.47. The molecule has 104 valence electrons. The van der Waals surface area contributed by atoms with E-state index in [9.17, 15) is 0 Å². The van der Waals surface area contributed by atoms with E-state index in [2.05, 4.69) is 24.9 Å². The molecule has 1 aromatic rings. The summed E-state index contributed by atoms with van der Waals surface area (Å²) in [5.74, 6) is 1.96. The maximum Gasteiger partial charge on any atom is 0.123 e. The number of rotatable bonds is 3. The minimum absolute atomic E-state index is 0.118. The van der Waals surface area contributed by atoms with Gasteiger partial charge in [0.1, 0.15) is 11.5 Å². The van der Waals surface area contributed by atoms with Crippen molar-refractivity contribution in [3.63, 3.8) is 0 Å². The molecule has 3 heteroatoms. The molecule has 1 fully saturated rings. The van der Waals surface area contributed by atoms with E-state index in [1.165, 1.54) is 31.4 Å². The fourth-order valence-electron chi connectivity index (χ4n) is 3.47. The lowest BCUT2D eigenvalue weighted by atomic mass is 9.78. The Balaban J connectivity index is 1.86. The van der Waals surface area contributed by atoms with Crippen molar-refractivity contribution >= 4 is 0 Å². The number of ether oxygens (including phenoxy) is 2. The Morgan fingerprint density at radius 3 is 3.00 bits per heavy atom. The first-order chi connectivity index (χ1) is 9.12. The number of methoxy groups -OCH3 is 1. The summed E-state index contributed by atoms with van der Waals surface area (Å²) in [6.07, 6.45) is 3.80. The molecule has 2 aliphatic heterocycles. The van der Waals surface area contributed by atoms with Crippen molar-refractivity contribution in [1.29, 1.82) is 0 Å². The van der Waals surface area contributed by atoms with E-state index in [0.717, 1.165) is 18.1 Å². The summed E-state index contributed by atoms with van der Waals surface area (Å²) < 4.78 is 11.2. The van der Waals surface area contributed by atoms with Crippen molar-refractivity contribution in [2.75, 3.05) is 27.3 Å². The smallest absolute Gasteiger partial charge is 0.123 e. The lowest BCUT2D eigenvalue weighted by Crippen LogP contribution is -2.35. The topological polar surface area (TPSA) is 21.7 Å². The Labute approximate surface area is 115 Å². The molecule has 0 amide bonds. The molecule has 0 aromatic heterocycles. The van der Waals surface area contributed by atoms with Crippen molar-refractivity contribution in [3.05, 3.63) is 23.8 Å². The number of likely N-dealkylation sites (tertiary alicyclic amines) is 1. The molecule has 3 rings (SSSR count). The number of nitrogens with zero attached hydrogens (tertiary/aromatic N) is 1. The van der Waals surface area contributed by atoms with Crippen LogP contribution >= 0.6 is 0 Å². The first-order valence-electron chi connectivity index (χ1n) is 7.14. The number of hydrogen-bond donors (Lipinski definition) is 0. The van der Waals surface area contributed by atoms with Crippen LogP contribution in [0.4, 0.5) is 0 Å². The lowest BCUT2D eigenvalue weighted by molar-refractivity contribution is 0.208. The Hall–Kier alpha value is -1.22. The van der Waals surface area contributed by atoms with E-state index < -0.39 is 0 Å². The van der Waals surface area contributed by atoms with Gasteiger partial charge < -0.3 is 14.4 Å². The second-order valence-electron chi connectivity index (χ2n) is 6.19. The van der Waals surface area contributed by atoms with Crippen LogP contribution in [0.15, 0.2) is 18.2 Å². The fraction of sp³-hybridized carbons (Fsp3) is 0.625. The Morgan fingerprint density at radius 2 is 2.32 bits per heavy atom. The summed E-state index contributed by atoms with van der Waals surface area (Å²) in [5.41, 5.74) is 1.43. The largest absolute Gasteiger partial charge is 0.497 e. The average Bonchev–Trinajstić information content (AvgIpc) is 2.95. The number of hydrogen-bond acceptors (Lipinski definition) is 3. The summed E-state index contributed by atoms with van der Waals surface area (Å²) in [6, 6.07) is 6.85. The van der Waals surface area contributed by atoms with Gasteiger partial charge >= 0.3 is 0 Å². The van der Waals surface area contributed by atoms with Crippen LogP contribution in [0, 0.1) is 0 Å². The second kappa shape index (κ2) is 4.71. The third kappa shape index (κ3) is 2.20. The van der Waals surface area contributed by atoms with Crippen molar-refractivity contribution in [2.45, 2.75) is 37.6 Å². The van der Waals surface area contributed by atoms with E-state index in [-0.39, 0.29) is 5.41 Å². The van der Waals surface area contributed by atoms with Gasteiger partial charge in [0.25, 0.3) is 0 Å². The molecule has 0 saturated carbocycles. The molecule has 0 aliphatic carbocycles. The predicted molar refractivity (Wildman–Crippen MR) is 76.1 cm³/mol. The molecule has 1 aromatic carbocycles. The van der Waals surface area contributed by atoms with E-state index in [0.29, 0.717) is 6.04 Å². The van der Waals surface area contributed by atoms with E-state index >= 15 is 0 Å². The average molecular weight is 261 g/mol. The van der Waals surface area contributed by atoms with Gasteiger partial charge in [-0.3, -0.25) is 0 Å². The minimum atomic E-state index is 0.118. The van der Waals surface area contributed by atoms with Gasteiger partial charge in [-0.2, -0.15) is 0 Å². The van der Waals surface area contributed by atoms with Gasteiger partial charge in [-0.05, 0) is 51.1 Å². The van der Waals surface area contributed by atoms with Crippen LogP contribution < -0.4 is 9.47 Å². The molecule has 1 saturated heterocycles. The van der Waals surface area contributed by atoms with Gasteiger partial charge in [-0.1, -0.05) is 6.92 Å². The van der Waals surface area contributed by atoms with Gasteiger partial charge in [0.2, 0.25) is 0 Å². The summed E-state index contributed by atoms with van der Waals surface area (Å²) in [6.45, 7) is 4.34. The van der Waals surface area contributed by atoms with Gasteiger partial charge in [0, 0.05) is 17.0 Å². The van der Waals surface area contributed by atoms with Crippen LogP contribution in [0.2, 0.25) is 0 Å². The van der Waals surface area contributed by atoms with Gasteiger partial charge in [-0.25, -0.2) is 0 Å². The van der Waals surface area contributed by atoms with Gasteiger partial charge in [0.05, 0.1) is 13.7 Å². The van der Waals surface area contributed by atoms with Crippen LogP contribution in [-0.2, 0) is 5.41 Å². The molecule has 0 N–H and O–H groups in total. The molecule has 2 aliphatic rings. The van der Waals surface area contributed by atoms with Gasteiger partial charge in [-0.15, -0.1) is 0 Å². The molecule has 0 bridgehead atoms. The molecule has 19 heavy (non-hydrogen) atoms. The van der Waals surface area contributed by atoms with Crippen LogP contribution in [0.5, 0.6) is 11.5 Å². The quantitative estimate of drug-likeness (QED) is 0.835. The third-order valence-corrected chi connectivity index (χ3v) is 4.74. The Kier molecular flexibility index (Phi) is 3.17. The monoisotopic (exact) mass is 261 g/mol. The molecule has 0 spiro atoms. The molecular weight excluding hydrogens is 238 g/mol. The summed E-state index contributed by atoms with van der Waals surface area (Å²) >= 11 is 0. The minimum Gasteiger partial charge on any atom is -0.497 e. The zero-order chi connectivity index (χ0) is 13.5. The van der Waals surface area contributed by atoms with Crippen LogP contribution in [0.1, 0.15) is 31.7 Å². The summed E-state index contributed by atoms with van der Waals surface area (Å²) in [5, 5.41) is 0. The summed E-state index contributed by atoms with van der Waals surface area (Å²) in [4.78, 5) is 2.49. The zero-order valence-electron chi connectivity index (χ0n) is 12.1. The first kappa shape index (κ1) is 12.8. The lowest BCUT2D eigenvalue weighted by Gasteiger charge is -2.30. The van der Waals surface area contributed by atoms with Crippen LogP contribution in [0.25, 0.3) is 0 Å². The van der Waals surface area contributed by atoms with Gasteiger partial charge in [0.15, 0.2) is 0 Å². The van der Waals surface area contributed by atoms with Crippen LogP contribution in [0.3, 0.4) is 0 Å². The maximum atomic E-state index is 5.89. The molecule has 2 heterocycles. The highest BCUT2D eigenvalue weighted by Gasteiger charge is 2.40. The van der Waals surface area contributed by atoms with E-state index in [1.807, 2.05) is 12.1 Å². The maximum absolute atomic E-state index is 5.89. The molecule has 0 radical (unpaired) electrons. The Bertz CT molecular complexity index is 474. The predicted octanol–water partition coefficient (Wildman–Crippen LogP) is 2.83.